The second kappa shape index (κ2) is 6.44. The molecule has 0 radical (unpaired) electrons. The van der Waals surface area contributed by atoms with Gasteiger partial charge in [0.05, 0.1) is 0 Å². The van der Waals surface area contributed by atoms with Crippen LogP contribution in [0.1, 0.15) is 37.8 Å². The van der Waals surface area contributed by atoms with Crippen LogP contribution in [0.15, 0.2) is 18.2 Å². The first-order valence-electron chi connectivity index (χ1n) is 6.98. The molecule has 2 rings (SSSR count). The van der Waals surface area contributed by atoms with E-state index in [0.717, 1.165) is 32.4 Å². The van der Waals surface area contributed by atoms with Crippen molar-refractivity contribution < 1.29 is 8.78 Å². The zero-order valence-corrected chi connectivity index (χ0v) is 11.6. The van der Waals surface area contributed by atoms with Crippen LogP contribution in [0.4, 0.5) is 8.78 Å². The summed E-state index contributed by atoms with van der Waals surface area (Å²) in [5.41, 5.74) is 0.444. The minimum atomic E-state index is -0.764. The molecule has 0 saturated carbocycles. The van der Waals surface area contributed by atoms with Gasteiger partial charge in [-0.1, -0.05) is 12.1 Å². The number of rotatable bonds is 3. The van der Waals surface area contributed by atoms with Gasteiger partial charge in [0.25, 0.3) is 0 Å². The number of hydrogen-bond acceptors (Lipinski definition) is 2. The topological polar surface area (TPSA) is 15.3 Å². The SMILES string of the molecule is CC(c1cccc(F)c1F)N(C)C1CCCNCC1. The van der Waals surface area contributed by atoms with Gasteiger partial charge >= 0.3 is 0 Å². The van der Waals surface area contributed by atoms with Crippen molar-refractivity contribution in [3.05, 3.63) is 35.4 Å². The number of hydrogen-bond donors (Lipinski definition) is 1. The Kier molecular flexibility index (Phi) is 4.88. The number of nitrogens with zero attached hydrogens (tertiary/aromatic N) is 1. The van der Waals surface area contributed by atoms with Crippen molar-refractivity contribution in [1.29, 1.82) is 0 Å². The lowest BCUT2D eigenvalue weighted by atomic mass is 10.0. The van der Waals surface area contributed by atoms with Gasteiger partial charge in [0, 0.05) is 17.6 Å². The van der Waals surface area contributed by atoms with Crippen LogP contribution in [0.2, 0.25) is 0 Å². The van der Waals surface area contributed by atoms with Crippen molar-refractivity contribution >= 4 is 0 Å². The molecule has 2 unspecified atom stereocenters. The number of nitrogens with one attached hydrogen (secondary N) is 1. The Morgan fingerprint density at radius 3 is 2.84 bits per heavy atom. The zero-order chi connectivity index (χ0) is 13.8. The summed E-state index contributed by atoms with van der Waals surface area (Å²) in [7, 11) is 2.00. The average molecular weight is 268 g/mol. The molecule has 1 aromatic rings. The Morgan fingerprint density at radius 1 is 1.26 bits per heavy atom. The minimum absolute atomic E-state index is 0.112. The second-order valence-electron chi connectivity index (χ2n) is 5.32. The average Bonchev–Trinajstić information content (AvgIpc) is 2.69. The smallest absolute Gasteiger partial charge is 0.163 e. The van der Waals surface area contributed by atoms with Crippen LogP contribution < -0.4 is 5.32 Å². The van der Waals surface area contributed by atoms with Crippen LogP contribution in [0.3, 0.4) is 0 Å². The summed E-state index contributed by atoms with van der Waals surface area (Å²) in [4.78, 5) is 2.17. The molecule has 0 bridgehead atoms. The Morgan fingerprint density at radius 2 is 2.05 bits per heavy atom. The third kappa shape index (κ3) is 3.31. The lowest BCUT2D eigenvalue weighted by molar-refractivity contribution is 0.167. The highest BCUT2D eigenvalue weighted by Crippen LogP contribution is 2.27. The Labute approximate surface area is 113 Å². The van der Waals surface area contributed by atoms with Gasteiger partial charge in [-0.15, -0.1) is 0 Å². The molecule has 1 heterocycles. The summed E-state index contributed by atoms with van der Waals surface area (Å²) in [6.07, 6.45) is 3.29. The Hall–Kier alpha value is -1.00. The number of benzene rings is 1. The molecular formula is C15H22F2N2. The molecule has 1 N–H and O–H groups in total. The first-order valence-corrected chi connectivity index (χ1v) is 6.98. The van der Waals surface area contributed by atoms with E-state index >= 15 is 0 Å². The van der Waals surface area contributed by atoms with Crippen molar-refractivity contribution in [2.75, 3.05) is 20.1 Å². The maximum absolute atomic E-state index is 13.8. The van der Waals surface area contributed by atoms with Gasteiger partial charge in [0.15, 0.2) is 11.6 Å². The van der Waals surface area contributed by atoms with Crippen molar-refractivity contribution in [3.8, 4) is 0 Å². The summed E-state index contributed by atoms with van der Waals surface area (Å²) in [5, 5.41) is 3.37. The fraction of sp³-hybridized carbons (Fsp3) is 0.600. The van der Waals surface area contributed by atoms with Crippen LogP contribution in [0, 0.1) is 11.6 Å². The maximum Gasteiger partial charge on any atom is 0.163 e. The summed E-state index contributed by atoms with van der Waals surface area (Å²) in [6.45, 7) is 3.98. The van der Waals surface area contributed by atoms with E-state index in [-0.39, 0.29) is 6.04 Å². The molecule has 0 amide bonds. The van der Waals surface area contributed by atoms with E-state index in [1.165, 1.54) is 6.07 Å². The molecule has 0 aliphatic carbocycles. The second-order valence-corrected chi connectivity index (χ2v) is 5.32. The van der Waals surface area contributed by atoms with Gasteiger partial charge in [0.2, 0.25) is 0 Å². The number of halogens is 2. The summed E-state index contributed by atoms with van der Waals surface area (Å²) < 4.78 is 27.2. The molecule has 2 atom stereocenters. The first kappa shape index (κ1) is 14.4. The van der Waals surface area contributed by atoms with E-state index in [4.69, 9.17) is 0 Å². The molecule has 2 nitrogen and oxygen atoms in total. The van der Waals surface area contributed by atoms with Crippen LogP contribution in [0.25, 0.3) is 0 Å². The van der Waals surface area contributed by atoms with Gasteiger partial charge in [-0.2, -0.15) is 0 Å². The fourth-order valence-corrected chi connectivity index (χ4v) is 2.79. The van der Waals surface area contributed by atoms with Crippen molar-refractivity contribution in [2.45, 2.75) is 38.3 Å². The predicted molar refractivity (Wildman–Crippen MR) is 73.0 cm³/mol. The van der Waals surface area contributed by atoms with Crippen LogP contribution in [-0.4, -0.2) is 31.1 Å². The Balaban J connectivity index is 2.13. The molecule has 19 heavy (non-hydrogen) atoms. The molecule has 4 heteroatoms. The third-order valence-corrected chi connectivity index (χ3v) is 4.16. The Bertz CT molecular complexity index is 415. The van der Waals surface area contributed by atoms with Crippen LogP contribution in [0.5, 0.6) is 0 Å². The van der Waals surface area contributed by atoms with E-state index in [1.54, 1.807) is 12.1 Å². The van der Waals surface area contributed by atoms with Crippen molar-refractivity contribution in [1.82, 2.24) is 10.2 Å². The molecule has 1 aliphatic rings. The van der Waals surface area contributed by atoms with Gasteiger partial charge in [-0.05, 0) is 52.4 Å². The molecule has 0 aromatic heterocycles. The largest absolute Gasteiger partial charge is 0.317 e. The van der Waals surface area contributed by atoms with E-state index in [1.807, 2.05) is 14.0 Å². The normalized spacial score (nSPS) is 22.3. The molecule has 1 fully saturated rings. The van der Waals surface area contributed by atoms with Gasteiger partial charge in [0.1, 0.15) is 0 Å². The van der Waals surface area contributed by atoms with Crippen molar-refractivity contribution in [2.24, 2.45) is 0 Å². The highest BCUT2D eigenvalue weighted by Gasteiger charge is 2.24. The predicted octanol–water partition coefficient (Wildman–Crippen LogP) is 3.10. The molecule has 106 valence electrons. The van der Waals surface area contributed by atoms with E-state index in [0.29, 0.717) is 11.6 Å². The lowest BCUT2D eigenvalue weighted by Gasteiger charge is -2.33. The molecular weight excluding hydrogens is 246 g/mol. The fourth-order valence-electron chi connectivity index (χ4n) is 2.79. The molecule has 1 aliphatic heterocycles. The minimum Gasteiger partial charge on any atom is -0.317 e. The lowest BCUT2D eigenvalue weighted by Crippen LogP contribution is -2.35. The van der Waals surface area contributed by atoms with Gasteiger partial charge in [-0.3, -0.25) is 4.90 Å². The molecule has 1 saturated heterocycles. The maximum atomic E-state index is 13.8. The third-order valence-electron chi connectivity index (χ3n) is 4.16. The quantitative estimate of drug-likeness (QED) is 0.906. The van der Waals surface area contributed by atoms with Gasteiger partial charge in [-0.25, -0.2) is 8.78 Å². The van der Waals surface area contributed by atoms with Crippen molar-refractivity contribution in [3.63, 3.8) is 0 Å². The highest BCUT2D eigenvalue weighted by atomic mass is 19.2. The van der Waals surface area contributed by atoms with E-state index in [2.05, 4.69) is 10.2 Å². The van der Waals surface area contributed by atoms with E-state index in [9.17, 15) is 8.78 Å². The standard InChI is InChI=1S/C15H22F2N2/c1-11(13-6-3-7-14(16)15(13)17)19(2)12-5-4-9-18-10-8-12/h3,6-7,11-12,18H,4-5,8-10H2,1-2H3. The zero-order valence-electron chi connectivity index (χ0n) is 11.6. The monoisotopic (exact) mass is 268 g/mol. The van der Waals surface area contributed by atoms with Crippen LogP contribution in [-0.2, 0) is 0 Å². The molecule has 0 spiro atoms. The summed E-state index contributed by atoms with van der Waals surface area (Å²) in [5.74, 6) is -1.48. The van der Waals surface area contributed by atoms with E-state index < -0.39 is 11.6 Å². The first-order chi connectivity index (χ1) is 9.11. The van der Waals surface area contributed by atoms with Crippen LogP contribution >= 0.6 is 0 Å². The summed E-state index contributed by atoms with van der Waals surface area (Å²) in [6, 6.07) is 4.73. The molecule has 1 aromatic carbocycles. The highest BCUT2D eigenvalue weighted by molar-refractivity contribution is 5.22. The summed E-state index contributed by atoms with van der Waals surface area (Å²) >= 11 is 0. The van der Waals surface area contributed by atoms with Gasteiger partial charge < -0.3 is 5.32 Å².